The lowest BCUT2D eigenvalue weighted by atomic mass is 10.2. The van der Waals surface area contributed by atoms with Gasteiger partial charge in [0, 0.05) is 18.5 Å². The lowest BCUT2D eigenvalue weighted by molar-refractivity contribution is 0.303. The summed E-state index contributed by atoms with van der Waals surface area (Å²) in [5.41, 5.74) is 1.02. The van der Waals surface area contributed by atoms with Crippen LogP contribution in [0.25, 0.3) is 0 Å². The molecule has 1 aromatic carbocycles. The van der Waals surface area contributed by atoms with Crippen LogP contribution >= 0.6 is 11.6 Å². The minimum atomic E-state index is -3.27. The monoisotopic (exact) mass is 301 g/mol. The molecule has 1 aliphatic carbocycles. The molecule has 1 atom stereocenters. The second-order valence-electron chi connectivity index (χ2n) is 5.11. The van der Waals surface area contributed by atoms with Gasteiger partial charge in [-0.05, 0) is 31.2 Å². The summed E-state index contributed by atoms with van der Waals surface area (Å²) in [5.74, 6) is 0.664. The highest BCUT2D eigenvalue weighted by Crippen LogP contribution is 2.36. The molecule has 0 heterocycles. The first-order valence-corrected chi connectivity index (χ1v) is 8.78. The van der Waals surface area contributed by atoms with Crippen LogP contribution in [0.5, 0.6) is 0 Å². The SMILES string of the molecule is CC(C1CC1)N(Cc1ccccc1)S(=O)(=O)CCCl. The van der Waals surface area contributed by atoms with E-state index in [9.17, 15) is 8.42 Å². The van der Waals surface area contributed by atoms with E-state index in [4.69, 9.17) is 11.6 Å². The van der Waals surface area contributed by atoms with E-state index in [-0.39, 0.29) is 17.7 Å². The van der Waals surface area contributed by atoms with Crippen molar-refractivity contribution in [1.29, 1.82) is 0 Å². The molecule has 1 saturated carbocycles. The third-order valence-electron chi connectivity index (χ3n) is 3.63. The van der Waals surface area contributed by atoms with Gasteiger partial charge in [0.25, 0.3) is 0 Å². The summed E-state index contributed by atoms with van der Waals surface area (Å²) in [4.78, 5) is 0. The lowest BCUT2D eigenvalue weighted by Gasteiger charge is -2.28. The van der Waals surface area contributed by atoms with Gasteiger partial charge in [-0.1, -0.05) is 30.3 Å². The van der Waals surface area contributed by atoms with Crippen molar-refractivity contribution >= 4 is 21.6 Å². The average molecular weight is 302 g/mol. The van der Waals surface area contributed by atoms with Gasteiger partial charge in [-0.25, -0.2) is 8.42 Å². The van der Waals surface area contributed by atoms with E-state index in [1.165, 1.54) is 0 Å². The van der Waals surface area contributed by atoms with Crippen molar-refractivity contribution in [2.75, 3.05) is 11.6 Å². The van der Waals surface area contributed by atoms with Gasteiger partial charge in [0.05, 0.1) is 5.75 Å². The molecule has 5 heteroatoms. The fourth-order valence-corrected chi connectivity index (χ4v) is 4.33. The van der Waals surface area contributed by atoms with Crippen molar-refractivity contribution in [3.8, 4) is 0 Å². The predicted molar refractivity (Wildman–Crippen MR) is 78.7 cm³/mol. The summed E-state index contributed by atoms with van der Waals surface area (Å²) < 4.78 is 26.3. The van der Waals surface area contributed by atoms with Gasteiger partial charge in [-0.3, -0.25) is 0 Å². The summed E-state index contributed by atoms with van der Waals surface area (Å²) in [7, 11) is -3.27. The average Bonchev–Trinajstić information content (AvgIpc) is 3.20. The first-order chi connectivity index (χ1) is 9.04. The Balaban J connectivity index is 2.19. The first kappa shape index (κ1) is 14.8. The molecule has 0 radical (unpaired) electrons. The normalized spacial score (nSPS) is 17.6. The number of benzene rings is 1. The Labute approximate surface area is 120 Å². The van der Waals surface area contributed by atoms with Crippen LogP contribution in [0, 0.1) is 5.92 Å². The van der Waals surface area contributed by atoms with Crippen LogP contribution in [0.1, 0.15) is 25.3 Å². The molecule has 0 saturated heterocycles. The number of rotatable bonds is 7. The number of nitrogens with zero attached hydrogens (tertiary/aromatic N) is 1. The molecule has 0 aliphatic heterocycles. The molecule has 106 valence electrons. The number of alkyl halides is 1. The molecule has 0 spiro atoms. The van der Waals surface area contributed by atoms with Crippen molar-refractivity contribution < 1.29 is 8.42 Å². The maximum Gasteiger partial charge on any atom is 0.215 e. The van der Waals surface area contributed by atoms with Gasteiger partial charge in [-0.2, -0.15) is 4.31 Å². The van der Waals surface area contributed by atoms with E-state index in [0.717, 1.165) is 18.4 Å². The molecule has 1 aliphatic rings. The summed E-state index contributed by atoms with van der Waals surface area (Å²) in [6, 6.07) is 9.79. The predicted octanol–water partition coefficient (Wildman–Crippen LogP) is 2.86. The number of hydrogen-bond donors (Lipinski definition) is 0. The molecule has 0 bridgehead atoms. The van der Waals surface area contributed by atoms with Gasteiger partial charge < -0.3 is 0 Å². The summed E-state index contributed by atoms with van der Waals surface area (Å²) in [6.07, 6.45) is 2.26. The Bertz CT molecular complexity index is 499. The number of sulfonamides is 1. The van der Waals surface area contributed by atoms with Gasteiger partial charge in [0.1, 0.15) is 0 Å². The molecular formula is C14H20ClNO2S. The second-order valence-corrected chi connectivity index (χ2v) is 7.53. The Morgan fingerprint density at radius 2 is 1.95 bits per heavy atom. The van der Waals surface area contributed by atoms with Gasteiger partial charge in [-0.15, -0.1) is 11.6 Å². The van der Waals surface area contributed by atoms with E-state index in [1.807, 2.05) is 37.3 Å². The summed E-state index contributed by atoms with van der Waals surface area (Å²) in [5, 5.41) is 0. The summed E-state index contributed by atoms with van der Waals surface area (Å²) in [6.45, 7) is 2.45. The largest absolute Gasteiger partial charge is 0.215 e. The van der Waals surface area contributed by atoms with Gasteiger partial charge in [0.2, 0.25) is 10.0 Å². The minimum Gasteiger partial charge on any atom is -0.212 e. The Kier molecular flexibility index (Phi) is 4.87. The Morgan fingerprint density at radius 1 is 1.32 bits per heavy atom. The van der Waals surface area contributed by atoms with E-state index < -0.39 is 10.0 Å². The topological polar surface area (TPSA) is 37.4 Å². The third-order valence-corrected chi connectivity index (χ3v) is 5.94. The fourth-order valence-electron chi connectivity index (χ4n) is 2.29. The van der Waals surface area contributed by atoms with Crippen molar-refractivity contribution in [1.82, 2.24) is 4.31 Å². The van der Waals surface area contributed by atoms with E-state index in [1.54, 1.807) is 4.31 Å². The van der Waals surface area contributed by atoms with Gasteiger partial charge >= 0.3 is 0 Å². The highest BCUT2D eigenvalue weighted by molar-refractivity contribution is 7.89. The zero-order valence-corrected chi connectivity index (χ0v) is 12.7. The quantitative estimate of drug-likeness (QED) is 0.726. The molecule has 2 rings (SSSR count). The molecule has 1 aromatic rings. The van der Waals surface area contributed by atoms with Crippen LogP contribution < -0.4 is 0 Å². The zero-order chi connectivity index (χ0) is 13.9. The molecular weight excluding hydrogens is 282 g/mol. The van der Waals surface area contributed by atoms with Crippen LogP contribution in [0.2, 0.25) is 0 Å². The van der Waals surface area contributed by atoms with E-state index in [2.05, 4.69) is 0 Å². The van der Waals surface area contributed by atoms with Crippen LogP contribution in [-0.4, -0.2) is 30.4 Å². The molecule has 1 unspecified atom stereocenters. The number of hydrogen-bond acceptors (Lipinski definition) is 2. The van der Waals surface area contributed by atoms with Gasteiger partial charge in [0.15, 0.2) is 0 Å². The molecule has 0 aromatic heterocycles. The Morgan fingerprint density at radius 3 is 2.47 bits per heavy atom. The molecule has 3 nitrogen and oxygen atoms in total. The first-order valence-electron chi connectivity index (χ1n) is 6.64. The summed E-state index contributed by atoms with van der Waals surface area (Å²) >= 11 is 5.63. The highest BCUT2D eigenvalue weighted by Gasteiger charge is 2.37. The van der Waals surface area contributed by atoms with Crippen molar-refractivity contribution in [2.45, 2.75) is 32.4 Å². The number of halogens is 1. The minimum absolute atomic E-state index is 0.0124. The van der Waals surface area contributed by atoms with Crippen LogP contribution in [-0.2, 0) is 16.6 Å². The van der Waals surface area contributed by atoms with Crippen LogP contribution in [0.15, 0.2) is 30.3 Å². The van der Waals surface area contributed by atoms with E-state index in [0.29, 0.717) is 12.5 Å². The van der Waals surface area contributed by atoms with E-state index >= 15 is 0 Å². The standard InChI is InChI=1S/C14H20ClNO2S/c1-12(14-7-8-14)16(19(17,18)10-9-15)11-13-5-3-2-4-6-13/h2-6,12,14H,7-11H2,1H3. The fraction of sp³-hybridized carbons (Fsp3) is 0.571. The van der Waals surface area contributed by atoms with Crippen LogP contribution in [0.4, 0.5) is 0 Å². The highest BCUT2D eigenvalue weighted by atomic mass is 35.5. The Hall–Kier alpha value is -0.580. The maximum atomic E-state index is 12.4. The second kappa shape index (κ2) is 6.25. The molecule has 0 amide bonds. The lowest BCUT2D eigenvalue weighted by Crippen LogP contribution is -2.41. The third kappa shape index (κ3) is 3.94. The van der Waals surface area contributed by atoms with Crippen molar-refractivity contribution in [2.24, 2.45) is 5.92 Å². The smallest absolute Gasteiger partial charge is 0.212 e. The van der Waals surface area contributed by atoms with Crippen molar-refractivity contribution in [3.05, 3.63) is 35.9 Å². The zero-order valence-electron chi connectivity index (χ0n) is 11.1. The molecule has 19 heavy (non-hydrogen) atoms. The van der Waals surface area contributed by atoms with Crippen LogP contribution in [0.3, 0.4) is 0 Å². The molecule has 1 fully saturated rings. The van der Waals surface area contributed by atoms with Crippen molar-refractivity contribution in [3.63, 3.8) is 0 Å². The molecule has 0 N–H and O–H groups in total. The maximum absolute atomic E-state index is 12.4.